The first-order valence-corrected chi connectivity index (χ1v) is 5.74. The van der Waals surface area contributed by atoms with Gasteiger partial charge >= 0.3 is 0 Å². The van der Waals surface area contributed by atoms with Crippen molar-refractivity contribution in [3.05, 3.63) is 53.4 Å². The van der Waals surface area contributed by atoms with Gasteiger partial charge in [-0.25, -0.2) is 8.78 Å². The minimum Gasteiger partial charge on any atom is -0.319 e. The predicted octanol–water partition coefficient (Wildman–Crippen LogP) is 2.79. The van der Waals surface area contributed by atoms with Crippen LogP contribution >= 0.6 is 0 Å². The van der Waals surface area contributed by atoms with Crippen molar-refractivity contribution in [2.45, 2.75) is 25.9 Å². The molecule has 2 rings (SSSR count). The predicted molar refractivity (Wildman–Crippen MR) is 65.0 cm³/mol. The van der Waals surface area contributed by atoms with Gasteiger partial charge in [0.2, 0.25) is 0 Å². The molecule has 0 fully saturated rings. The lowest BCUT2D eigenvalue weighted by Crippen LogP contribution is -2.19. The number of nitrogens with zero attached hydrogens (tertiary/aromatic N) is 2. The number of nitrogens with two attached hydrogens (primary N) is 1. The van der Waals surface area contributed by atoms with E-state index in [1.165, 1.54) is 12.1 Å². The average Bonchev–Trinajstić information content (AvgIpc) is 2.75. The first kappa shape index (κ1) is 12.7. The molecule has 0 saturated carbocycles. The zero-order chi connectivity index (χ0) is 13.3. The monoisotopic (exact) mass is 251 g/mol. The van der Waals surface area contributed by atoms with Crippen LogP contribution in [-0.2, 0) is 0 Å². The van der Waals surface area contributed by atoms with Gasteiger partial charge in [0.25, 0.3) is 0 Å². The molecule has 1 unspecified atom stereocenters. The van der Waals surface area contributed by atoms with E-state index in [0.717, 1.165) is 11.8 Å². The summed E-state index contributed by atoms with van der Waals surface area (Å²) in [6.07, 6.45) is 1.63. The molecule has 0 spiro atoms. The number of aromatic nitrogens is 2. The number of benzene rings is 1. The van der Waals surface area contributed by atoms with Crippen LogP contribution in [0.5, 0.6) is 0 Å². The van der Waals surface area contributed by atoms with Crippen molar-refractivity contribution in [1.29, 1.82) is 0 Å². The first-order valence-electron chi connectivity index (χ1n) is 5.74. The normalized spacial score (nSPS) is 13.0. The highest BCUT2D eigenvalue weighted by molar-refractivity contribution is 5.28. The van der Waals surface area contributed by atoms with E-state index in [4.69, 9.17) is 5.73 Å². The van der Waals surface area contributed by atoms with Gasteiger partial charge < -0.3 is 5.73 Å². The smallest absolute Gasteiger partial charge is 0.126 e. The topological polar surface area (TPSA) is 43.8 Å². The number of hydrogen-bond donors (Lipinski definition) is 1. The van der Waals surface area contributed by atoms with Crippen molar-refractivity contribution in [2.75, 3.05) is 0 Å². The third kappa shape index (κ3) is 2.41. The van der Waals surface area contributed by atoms with Gasteiger partial charge in [-0.2, -0.15) is 5.10 Å². The minimum absolute atomic E-state index is 0.138. The van der Waals surface area contributed by atoms with E-state index >= 15 is 0 Å². The Morgan fingerprint density at radius 3 is 2.33 bits per heavy atom. The van der Waals surface area contributed by atoms with Gasteiger partial charge in [0, 0.05) is 18.3 Å². The zero-order valence-corrected chi connectivity index (χ0v) is 10.3. The van der Waals surface area contributed by atoms with E-state index in [-0.39, 0.29) is 6.04 Å². The lowest BCUT2D eigenvalue weighted by Gasteiger charge is -2.17. The molecule has 18 heavy (non-hydrogen) atoms. The summed E-state index contributed by atoms with van der Waals surface area (Å²) >= 11 is 0. The molecule has 0 aliphatic rings. The van der Waals surface area contributed by atoms with Crippen LogP contribution in [0.1, 0.15) is 37.2 Å². The molecule has 2 N–H and O–H groups in total. The maximum absolute atomic E-state index is 13.2. The fourth-order valence-corrected chi connectivity index (χ4v) is 1.93. The van der Waals surface area contributed by atoms with E-state index in [0.29, 0.717) is 5.56 Å². The van der Waals surface area contributed by atoms with Gasteiger partial charge in [-0.1, -0.05) is 0 Å². The number of rotatable bonds is 3. The molecule has 0 bridgehead atoms. The van der Waals surface area contributed by atoms with E-state index < -0.39 is 17.7 Å². The molecule has 1 heterocycles. The Labute approximate surface area is 104 Å². The Morgan fingerprint density at radius 2 is 1.78 bits per heavy atom. The SMILES string of the molecule is CC(C)n1nccc1C(N)c1cc(F)cc(F)c1. The van der Waals surface area contributed by atoms with Crippen LogP contribution in [0, 0.1) is 11.6 Å². The second-order valence-corrected chi connectivity index (χ2v) is 4.47. The molecule has 0 amide bonds. The van der Waals surface area contributed by atoms with Crippen molar-refractivity contribution >= 4 is 0 Å². The average molecular weight is 251 g/mol. The highest BCUT2D eigenvalue weighted by atomic mass is 19.1. The van der Waals surface area contributed by atoms with Gasteiger partial charge in [-0.3, -0.25) is 4.68 Å². The van der Waals surface area contributed by atoms with Crippen molar-refractivity contribution in [1.82, 2.24) is 9.78 Å². The highest BCUT2D eigenvalue weighted by Crippen LogP contribution is 2.23. The van der Waals surface area contributed by atoms with Crippen LogP contribution in [0.3, 0.4) is 0 Å². The van der Waals surface area contributed by atoms with Gasteiger partial charge in [-0.05, 0) is 37.6 Å². The molecule has 1 aromatic carbocycles. The third-order valence-corrected chi connectivity index (χ3v) is 2.75. The molecule has 3 nitrogen and oxygen atoms in total. The quantitative estimate of drug-likeness (QED) is 0.911. The van der Waals surface area contributed by atoms with Crippen molar-refractivity contribution in [3.8, 4) is 0 Å². The van der Waals surface area contributed by atoms with Crippen LogP contribution in [0.25, 0.3) is 0 Å². The Kier molecular flexibility index (Phi) is 3.43. The van der Waals surface area contributed by atoms with Crippen LogP contribution < -0.4 is 5.73 Å². The van der Waals surface area contributed by atoms with E-state index in [9.17, 15) is 8.78 Å². The maximum Gasteiger partial charge on any atom is 0.126 e. The van der Waals surface area contributed by atoms with Crippen molar-refractivity contribution in [3.63, 3.8) is 0 Å². The molecule has 96 valence electrons. The van der Waals surface area contributed by atoms with Crippen molar-refractivity contribution in [2.24, 2.45) is 5.73 Å². The first-order chi connectivity index (χ1) is 8.49. The van der Waals surface area contributed by atoms with Gasteiger partial charge in [0.15, 0.2) is 0 Å². The number of hydrogen-bond acceptors (Lipinski definition) is 2. The Morgan fingerprint density at radius 1 is 1.17 bits per heavy atom. The zero-order valence-electron chi connectivity index (χ0n) is 10.3. The number of halogens is 2. The van der Waals surface area contributed by atoms with Gasteiger partial charge in [-0.15, -0.1) is 0 Å². The van der Waals surface area contributed by atoms with Crippen LogP contribution in [0.2, 0.25) is 0 Å². The highest BCUT2D eigenvalue weighted by Gasteiger charge is 2.17. The lowest BCUT2D eigenvalue weighted by molar-refractivity contribution is 0.497. The summed E-state index contributed by atoms with van der Waals surface area (Å²) in [5.74, 6) is -1.26. The maximum atomic E-state index is 13.2. The summed E-state index contributed by atoms with van der Waals surface area (Å²) in [5, 5.41) is 4.16. The summed E-state index contributed by atoms with van der Waals surface area (Å²) in [7, 11) is 0. The Bertz CT molecular complexity index is 529. The largest absolute Gasteiger partial charge is 0.319 e. The fraction of sp³-hybridized carbons (Fsp3) is 0.308. The Hall–Kier alpha value is -1.75. The molecule has 0 aliphatic heterocycles. The molecule has 0 saturated heterocycles. The summed E-state index contributed by atoms with van der Waals surface area (Å²) in [5.41, 5.74) is 7.17. The third-order valence-electron chi connectivity index (χ3n) is 2.75. The molecule has 0 aliphatic carbocycles. The summed E-state index contributed by atoms with van der Waals surface area (Å²) in [4.78, 5) is 0. The second kappa shape index (κ2) is 4.86. The van der Waals surface area contributed by atoms with E-state index in [1.54, 1.807) is 16.9 Å². The van der Waals surface area contributed by atoms with E-state index in [2.05, 4.69) is 5.10 Å². The summed E-state index contributed by atoms with van der Waals surface area (Å²) in [6.45, 7) is 3.94. The molecule has 0 radical (unpaired) electrons. The van der Waals surface area contributed by atoms with Crippen LogP contribution in [-0.4, -0.2) is 9.78 Å². The standard InChI is InChI=1S/C13H15F2N3/c1-8(2)18-12(3-4-17-18)13(16)9-5-10(14)7-11(15)6-9/h3-8,13H,16H2,1-2H3. The van der Waals surface area contributed by atoms with Crippen molar-refractivity contribution < 1.29 is 8.78 Å². The second-order valence-electron chi connectivity index (χ2n) is 4.47. The Balaban J connectivity index is 2.41. The molecule has 1 atom stereocenters. The fourth-order valence-electron chi connectivity index (χ4n) is 1.93. The molecule has 5 heteroatoms. The molecular weight excluding hydrogens is 236 g/mol. The molecule has 2 aromatic rings. The summed E-state index contributed by atoms with van der Waals surface area (Å²) in [6, 6.07) is 4.61. The van der Waals surface area contributed by atoms with E-state index in [1.807, 2.05) is 13.8 Å². The summed E-state index contributed by atoms with van der Waals surface area (Å²) < 4.78 is 28.1. The van der Waals surface area contributed by atoms with Gasteiger partial charge in [0.1, 0.15) is 11.6 Å². The van der Waals surface area contributed by atoms with Gasteiger partial charge in [0.05, 0.1) is 11.7 Å². The molecular formula is C13H15F2N3. The molecule has 1 aromatic heterocycles. The van der Waals surface area contributed by atoms with Crippen LogP contribution in [0.4, 0.5) is 8.78 Å². The van der Waals surface area contributed by atoms with Crippen LogP contribution in [0.15, 0.2) is 30.5 Å². The minimum atomic E-state index is -0.629. The lowest BCUT2D eigenvalue weighted by atomic mass is 10.0.